The Hall–Kier alpha value is -2.69. The zero-order chi connectivity index (χ0) is 13.9. The van der Waals surface area contributed by atoms with Gasteiger partial charge in [0.05, 0.1) is 12.0 Å². The molecule has 0 amide bonds. The first-order chi connectivity index (χ1) is 9.74. The molecule has 0 aliphatic heterocycles. The summed E-state index contributed by atoms with van der Waals surface area (Å²) in [5, 5.41) is 3.81. The topological polar surface area (TPSA) is 64.9 Å². The van der Waals surface area contributed by atoms with Gasteiger partial charge in [-0.05, 0) is 23.8 Å². The molecule has 5 heteroatoms. The highest BCUT2D eigenvalue weighted by Crippen LogP contribution is 2.21. The lowest BCUT2D eigenvalue weighted by atomic mass is 10.1. The van der Waals surface area contributed by atoms with Crippen molar-refractivity contribution in [1.82, 2.24) is 10.1 Å². The predicted octanol–water partition coefficient (Wildman–Crippen LogP) is 3.05. The molecule has 0 aliphatic rings. The number of nitrogen functional groups attached to an aromatic ring is 1. The monoisotopic (exact) mass is 269 g/mol. The lowest BCUT2D eigenvalue weighted by molar-refractivity contribution is 0.385. The quantitative estimate of drug-likeness (QED) is 0.742. The molecule has 2 N–H and O–H groups in total. The van der Waals surface area contributed by atoms with E-state index < -0.39 is 0 Å². The first-order valence-electron chi connectivity index (χ1n) is 6.15. The Morgan fingerprint density at radius 2 is 1.80 bits per heavy atom. The summed E-state index contributed by atoms with van der Waals surface area (Å²) in [7, 11) is 0. The van der Waals surface area contributed by atoms with Crippen molar-refractivity contribution in [3.63, 3.8) is 0 Å². The molecule has 0 aliphatic carbocycles. The van der Waals surface area contributed by atoms with E-state index >= 15 is 0 Å². The van der Waals surface area contributed by atoms with Crippen LogP contribution in [0.25, 0.3) is 11.4 Å². The van der Waals surface area contributed by atoms with Gasteiger partial charge in [0.15, 0.2) is 0 Å². The summed E-state index contributed by atoms with van der Waals surface area (Å²) in [5.74, 6) is 0.271. The average Bonchev–Trinajstić information content (AvgIpc) is 2.90. The smallest absolute Gasteiger partial charge is 0.231 e. The molecule has 0 fully saturated rings. The van der Waals surface area contributed by atoms with Crippen molar-refractivity contribution in [1.29, 1.82) is 0 Å². The first kappa shape index (κ1) is 12.3. The van der Waals surface area contributed by atoms with Crippen molar-refractivity contribution in [3.05, 3.63) is 65.8 Å². The Labute approximate surface area is 115 Å². The van der Waals surface area contributed by atoms with E-state index in [-0.39, 0.29) is 11.6 Å². The Balaban J connectivity index is 1.88. The van der Waals surface area contributed by atoms with E-state index in [1.165, 1.54) is 6.07 Å². The van der Waals surface area contributed by atoms with Gasteiger partial charge in [-0.25, -0.2) is 4.39 Å². The third kappa shape index (κ3) is 2.38. The van der Waals surface area contributed by atoms with Crippen molar-refractivity contribution in [3.8, 4) is 11.4 Å². The van der Waals surface area contributed by atoms with Crippen molar-refractivity contribution >= 4 is 5.69 Å². The average molecular weight is 269 g/mol. The molecule has 0 saturated heterocycles. The fourth-order valence-electron chi connectivity index (χ4n) is 1.94. The molecule has 3 rings (SSSR count). The van der Waals surface area contributed by atoms with Crippen LogP contribution in [-0.4, -0.2) is 10.1 Å². The predicted molar refractivity (Wildman–Crippen MR) is 73.4 cm³/mol. The van der Waals surface area contributed by atoms with Crippen LogP contribution in [0.5, 0.6) is 0 Å². The molecule has 0 saturated carbocycles. The summed E-state index contributed by atoms with van der Waals surface area (Å²) in [6.45, 7) is 0. The number of anilines is 1. The summed E-state index contributed by atoms with van der Waals surface area (Å²) in [6.07, 6.45) is 0.425. The molecule has 0 bridgehead atoms. The van der Waals surface area contributed by atoms with E-state index in [2.05, 4.69) is 10.1 Å². The van der Waals surface area contributed by atoms with E-state index in [0.29, 0.717) is 23.6 Å². The molecule has 0 unspecified atom stereocenters. The molecular weight excluding hydrogens is 257 g/mol. The summed E-state index contributed by atoms with van der Waals surface area (Å²) in [4.78, 5) is 4.20. The third-order valence-electron chi connectivity index (χ3n) is 2.98. The molecule has 1 aromatic heterocycles. The standard InChI is InChI=1S/C15H12FN3O/c16-12-7-3-2-6-11(12)15-18-14(20-19-15)9-10-5-1-4-8-13(10)17/h1-8H,9,17H2. The minimum absolute atomic E-state index is 0.243. The molecule has 1 heterocycles. The molecule has 3 aromatic rings. The van der Waals surface area contributed by atoms with Crippen molar-refractivity contribution < 1.29 is 8.91 Å². The highest BCUT2D eigenvalue weighted by atomic mass is 19.1. The van der Waals surface area contributed by atoms with Crippen LogP contribution in [0.2, 0.25) is 0 Å². The number of nitrogens with two attached hydrogens (primary N) is 1. The third-order valence-corrected chi connectivity index (χ3v) is 2.98. The van der Waals surface area contributed by atoms with Crippen LogP contribution < -0.4 is 5.73 Å². The number of para-hydroxylation sites is 1. The van der Waals surface area contributed by atoms with Gasteiger partial charge in [-0.1, -0.05) is 35.5 Å². The number of hydrogen-bond donors (Lipinski definition) is 1. The van der Waals surface area contributed by atoms with Gasteiger partial charge in [0.1, 0.15) is 5.82 Å². The van der Waals surface area contributed by atoms with Crippen LogP contribution in [0, 0.1) is 5.82 Å². The summed E-state index contributed by atoms with van der Waals surface area (Å²) in [6, 6.07) is 13.8. The van der Waals surface area contributed by atoms with Crippen LogP contribution in [0.1, 0.15) is 11.5 Å². The largest absolute Gasteiger partial charge is 0.398 e. The Morgan fingerprint density at radius 3 is 2.60 bits per heavy atom. The fourth-order valence-corrected chi connectivity index (χ4v) is 1.94. The Kier molecular flexibility index (Phi) is 3.16. The SMILES string of the molecule is Nc1ccccc1Cc1nc(-c2ccccc2F)no1. The zero-order valence-corrected chi connectivity index (χ0v) is 10.6. The summed E-state index contributed by atoms with van der Waals surface area (Å²) in [5.41, 5.74) is 7.75. The number of rotatable bonds is 3. The lowest BCUT2D eigenvalue weighted by Gasteiger charge is -2.00. The maximum Gasteiger partial charge on any atom is 0.231 e. The lowest BCUT2D eigenvalue weighted by Crippen LogP contribution is -1.95. The second kappa shape index (κ2) is 5.13. The number of hydrogen-bond acceptors (Lipinski definition) is 4. The van der Waals surface area contributed by atoms with Gasteiger partial charge in [-0.2, -0.15) is 4.98 Å². The van der Waals surface area contributed by atoms with E-state index in [1.54, 1.807) is 18.2 Å². The van der Waals surface area contributed by atoms with Gasteiger partial charge < -0.3 is 10.3 Å². The molecule has 4 nitrogen and oxygen atoms in total. The van der Waals surface area contributed by atoms with E-state index in [9.17, 15) is 4.39 Å². The van der Waals surface area contributed by atoms with Crippen molar-refractivity contribution in [2.24, 2.45) is 0 Å². The van der Waals surface area contributed by atoms with Crippen molar-refractivity contribution in [2.75, 3.05) is 5.73 Å². The van der Waals surface area contributed by atoms with Gasteiger partial charge >= 0.3 is 0 Å². The Bertz CT molecular complexity index is 739. The van der Waals surface area contributed by atoms with Crippen molar-refractivity contribution in [2.45, 2.75) is 6.42 Å². The van der Waals surface area contributed by atoms with E-state index in [0.717, 1.165) is 5.56 Å². The highest BCUT2D eigenvalue weighted by Gasteiger charge is 2.13. The summed E-state index contributed by atoms with van der Waals surface area (Å²) < 4.78 is 18.8. The zero-order valence-electron chi connectivity index (χ0n) is 10.6. The van der Waals surface area contributed by atoms with Gasteiger partial charge in [0, 0.05) is 5.69 Å². The highest BCUT2D eigenvalue weighted by molar-refractivity contribution is 5.55. The second-order valence-electron chi connectivity index (χ2n) is 4.37. The molecular formula is C15H12FN3O. The van der Waals surface area contributed by atoms with Gasteiger partial charge in [-0.3, -0.25) is 0 Å². The number of benzene rings is 2. The van der Waals surface area contributed by atoms with Crippen LogP contribution in [0.3, 0.4) is 0 Å². The maximum absolute atomic E-state index is 13.6. The molecule has 2 aromatic carbocycles. The summed E-state index contributed by atoms with van der Waals surface area (Å²) >= 11 is 0. The van der Waals surface area contributed by atoms with Crippen LogP contribution in [-0.2, 0) is 6.42 Å². The molecule has 0 radical (unpaired) electrons. The fraction of sp³-hybridized carbons (Fsp3) is 0.0667. The Morgan fingerprint density at radius 1 is 1.05 bits per heavy atom. The first-order valence-corrected chi connectivity index (χ1v) is 6.15. The molecule has 0 atom stereocenters. The van der Waals surface area contributed by atoms with Gasteiger partial charge in [0.2, 0.25) is 11.7 Å². The minimum Gasteiger partial charge on any atom is -0.398 e. The number of aromatic nitrogens is 2. The molecule has 20 heavy (non-hydrogen) atoms. The minimum atomic E-state index is -0.376. The maximum atomic E-state index is 13.6. The second-order valence-corrected chi connectivity index (χ2v) is 4.37. The van der Waals surface area contributed by atoms with Crippen LogP contribution >= 0.6 is 0 Å². The van der Waals surface area contributed by atoms with E-state index in [4.69, 9.17) is 10.3 Å². The molecule has 0 spiro atoms. The number of nitrogens with zero attached hydrogens (tertiary/aromatic N) is 2. The van der Waals surface area contributed by atoms with Crippen LogP contribution in [0.4, 0.5) is 10.1 Å². The molecule has 100 valence electrons. The number of halogens is 1. The normalized spacial score (nSPS) is 10.7. The van der Waals surface area contributed by atoms with Crippen LogP contribution in [0.15, 0.2) is 53.1 Å². The van der Waals surface area contributed by atoms with Gasteiger partial charge in [-0.15, -0.1) is 0 Å². The van der Waals surface area contributed by atoms with Gasteiger partial charge in [0.25, 0.3) is 0 Å². The van der Waals surface area contributed by atoms with E-state index in [1.807, 2.05) is 24.3 Å².